The molecule has 1 atom stereocenters. The highest BCUT2D eigenvalue weighted by Crippen LogP contribution is 2.49. The second-order valence-corrected chi connectivity index (χ2v) is 7.68. The standard InChI is InChI=1S/C25H24N2O5/c1-30-21-12-11-16(24(31-2)25(21)32-3)17-13-22(29)27(18-8-5-4-7-15(18)14-26)19-9-6-10-20(28)23(17)19/h4-5,7-8,11-12,17H,6,9-10,13H2,1-3H3. The van der Waals surface area contributed by atoms with Crippen molar-refractivity contribution in [3.8, 4) is 23.3 Å². The lowest BCUT2D eigenvalue weighted by atomic mass is 9.76. The molecule has 4 rings (SSSR count). The molecule has 7 heteroatoms. The number of ether oxygens (including phenoxy) is 3. The summed E-state index contributed by atoms with van der Waals surface area (Å²) in [5, 5.41) is 9.58. The zero-order valence-corrected chi connectivity index (χ0v) is 18.3. The van der Waals surface area contributed by atoms with Crippen LogP contribution in [0.5, 0.6) is 17.2 Å². The van der Waals surface area contributed by atoms with Crippen LogP contribution in [-0.4, -0.2) is 33.0 Å². The van der Waals surface area contributed by atoms with E-state index in [2.05, 4.69) is 6.07 Å². The topological polar surface area (TPSA) is 88.9 Å². The fraction of sp³-hybridized carbons (Fsp3) is 0.320. The number of hydrogen-bond acceptors (Lipinski definition) is 6. The zero-order valence-electron chi connectivity index (χ0n) is 18.3. The number of anilines is 1. The van der Waals surface area contributed by atoms with E-state index in [9.17, 15) is 14.9 Å². The fourth-order valence-corrected chi connectivity index (χ4v) is 4.70. The third-order valence-electron chi connectivity index (χ3n) is 6.05. The molecule has 1 amide bonds. The van der Waals surface area contributed by atoms with Crippen LogP contribution >= 0.6 is 0 Å². The Labute approximate surface area is 186 Å². The van der Waals surface area contributed by atoms with E-state index < -0.39 is 5.92 Å². The molecule has 1 unspecified atom stereocenters. The minimum Gasteiger partial charge on any atom is -0.493 e. The van der Waals surface area contributed by atoms with Gasteiger partial charge in [0.25, 0.3) is 0 Å². The lowest BCUT2D eigenvalue weighted by molar-refractivity contribution is -0.119. The maximum Gasteiger partial charge on any atom is 0.232 e. The van der Waals surface area contributed by atoms with Crippen LogP contribution in [-0.2, 0) is 9.59 Å². The van der Waals surface area contributed by atoms with Crippen molar-refractivity contribution in [1.29, 1.82) is 5.26 Å². The van der Waals surface area contributed by atoms with E-state index in [1.54, 1.807) is 35.2 Å². The molecule has 1 aliphatic heterocycles. The third-order valence-corrected chi connectivity index (χ3v) is 6.05. The molecule has 0 N–H and O–H groups in total. The Balaban J connectivity index is 1.93. The molecule has 0 spiro atoms. The first-order valence-electron chi connectivity index (χ1n) is 10.4. The maximum atomic E-state index is 13.5. The number of hydrogen-bond donors (Lipinski definition) is 0. The molecule has 32 heavy (non-hydrogen) atoms. The van der Waals surface area contributed by atoms with E-state index in [1.165, 1.54) is 21.3 Å². The number of Topliss-reactive ketones (excluding diaryl/α,β-unsaturated/α-hetero) is 1. The number of nitriles is 1. The summed E-state index contributed by atoms with van der Waals surface area (Å²) in [6, 6.07) is 12.7. The Bertz CT molecular complexity index is 1160. The largest absolute Gasteiger partial charge is 0.493 e. The van der Waals surface area contributed by atoms with E-state index in [-0.39, 0.29) is 18.1 Å². The van der Waals surface area contributed by atoms with Gasteiger partial charge in [-0.2, -0.15) is 5.26 Å². The Morgan fingerprint density at radius 1 is 0.969 bits per heavy atom. The average Bonchev–Trinajstić information content (AvgIpc) is 2.82. The number of carbonyl (C=O) groups excluding carboxylic acids is 2. The zero-order chi connectivity index (χ0) is 22.8. The highest BCUT2D eigenvalue weighted by Gasteiger charge is 2.41. The molecule has 7 nitrogen and oxygen atoms in total. The minimum atomic E-state index is -0.467. The summed E-state index contributed by atoms with van der Waals surface area (Å²) in [5.41, 5.74) is 2.89. The van der Waals surface area contributed by atoms with Crippen molar-refractivity contribution in [3.63, 3.8) is 0 Å². The van der Waals surface area contributed by atoms with Crippen molar-refractivity contribution in [1.82, 2.24) is 0 Å². The number of carbonyl (C=O) groups is 2. The summed E-state index contributed by atoms with van der Waals surface area (Å²) in [7, 11) is 4.59. The van der Waals surface area contributed by atoms with Gasteiger partial charge in [-0.05, 0) is 31.0 Å². The minimum absolute atomic E-state index is 0.0139. The summed E-state index contributed by atoms with van der Waals surface area (Å²) in [5.74, 6) is 0.751. The number of benzene rings is 2. The first kappa shape index (κ1) is 21.4. The van der Waals surface area contributed by atoms with Crippen LogP contribution in [0.4, 0.5) is 5.69 Å². The molecular formula is C25H24N2O5. The molecule has 1 heterocycles. The van der Waals surface area contributed by atoms with Gasteiger partial charge in [0.2, 0.25) is 11.7 Å². The molecule has 0 saturated carbocycles. The third kappa shape index (κ3) is 3.38. The highest BCUT2D eigenvalue weighted by molar-refractivity contribution is 6.08. The van der Waals surface area contributed by atoms with Gasteiger partial charge in [-0.25, -0.2) is 0 Å². The van der Waals surface area contributed by atoms with Crippen LogP contribution in [0, 0.1) is 11.3 Å². The van der Waals surface area contributed by atoms with Crippen molar-refractivity contribution >= 4 is 17.4 Å². The molecule has 2 aliphatic rings. The second kappa shape index (κ2) is 8.75. The van der Waals surface area contributed by atoms with E-state index in [4.69, 9.17) is 14.2 Å². The predicted octanol–water partition coefficient (Wildman–Crippen LogP) is 4.11. The molecule has 2 aromatic carbocycles. The molecular weight excluding hydrogens is 408 g/mol. The Kier molecular flexibility index (Phi) is 5.87. The van der Waals surface area contributed by atoms with Gasteiger partial charge in [-0.15, -0.1) is 0 Å². The normalized spacial score (nSPS) is 18.2. The lowest BCUT2D eigenvalue weighted by Gasteiger charge is -2.39. The number of rotatable bonds is 5. The number of allylic oxidation sites excluding steroid dienone is 2. The summed E-state index contributed by atoms with van der Waals surface area (Å²) in [4.78, 5) is 28.2. The fourth-order valence-electron chi connectivity index (χ4n) is 4.70. The number of ketones is 1. The monoisotopic (exact) mass is 432 g/mol. The average molecular weight is 432 g/mol. The number of amides is 1. The molecule has 1 aliphatic carbocycles. The first-order valence-corrected chi connectivity index (χ1v) is 10.4. The number of nitrogens with zero attached hydrogens (tertiary/aromatic N) is 2. The molecule has 164 valence electrons. The predicted molar refractivity (Wildman–Crippen MR) is 118 cm³/mol. The van der Waals surface area contributed by atoms with Crippen LogP contribution in [0.2, 0.25) is 0 Å². The Hall–Kier alpha value is -3.79. The van der Waals surface area contributed by atoms with Gasteiger partial charge in [-0.3, -0.25) is 14.5 Å². The molecule has 0 saturated heterocycles. The van der Waals surface area contributed by atoms with Crippen molar-refractivity contribution in [2.75, 3.05) is 26.2 Å². The molecule has 0 bridgehead atoms. The summed E-state index contributed by atoms with van der Waals surface area (Å²) < 4.78 is 16.6. The lowest BCUT2D eigenvalue weighted by Crippen LogP contribution is -2.41. The summed E-state index contributed by atoms with van der Waals surface area (Å²) >= 11 is 0. The van der Waals surface area contributed by atoms with Crippen LogP contribution < -0.4 is 19.1 Å². The molecule has 0 fully saturated rings. The molecule has 0 aromatic heterocycles. The van der Waals surface area contributed by atoms with E-state index >= 15 is 0 Å². The second-order valence-electron chi connectivity index (χ2n) is 7.68. The van der Waals surface area contributed by atoms with Crippen molar-refractivity contribution in [3.05, 3.63) is 58.8 Å². The Morgan fingerprint density at radius 2 is 1.72 bits per heavy atom. The SMILES string of the molecule is COc1ccc(C2CC(=O)N(c3ccccc3C#N)C3=C2C(=O)CCC3)c(OC)c1OC. The smallest absolute Gasteiger partial charge is 0.232 e. The van der Waals surface area contributed by atoms with Gasteiger partial charge in [-0.1, -0.05) is 18.2 Å². The van der Waals surface area contributed by atoms with Gasteiger partial charge >= 0.3 is 0 Å². The van der Waals surface area contributed by atoms with E-state index in [1.807, 2.05) is 6.07 Å². The van der Waals surface area contributed by atoms with Crippen molar-refractivity contribution in [2.45, 2.75) is 31.6 Å². The maximum absolute atomic E-state index is 13.5. The van der Waals surface area contributed by atoms with Crippen molar-refractivity contribution in [2.24, 2.45) is 0 Å². The highest BCUT2D eigenvalue weighted by atomic mass is 16.5. The van der Waals surface area contributed by atoms with Crippen LogP contribution in [0.1, 0.15) is 42.7 Å². The van der Waals surface area contributed by atoms with Crippen LogP contribution in [0.3, 0.4) is 0 Å². The van der Waals surface area contributed by atoms with Crippen LogP contribution in [0.15, 0.2) is 47.7 Å². The van der Waals surface area contributed by atoms with Gasteiger partial charge in [0.15, 0.2) is 17.3 Å². The molecule has 2 aromatic rings. The van der Waals surface area contributed by atoms with Gasteiger partial charge in [0, 0.05) is 35.6 Å². The van der Waals surface area contributed by atoms with Gasteiger partial charge in [0.1, 0.15) is 6.07 Å². The number of methoxy groups -OCH3 is 3. The summed E-state index contributed by atoms with van der Waals surface area (Å²) in [6.45, 7) is 0. The number of para-hydroxylation sites is 1. The molecule has 0 radical (unpaired) electrons. The van der Waals surface area contributed by atoms with Gasteiger partial charge in [0.05, 0.1) is 32.6 Å². The quantitative estimate of drug-likeness (QED) is 0.706. The van der Waals surface area contributed by atoms with E-state index in [0.717, 1.165) is 0 Å². The summed E-state index contributed by atoms with van der Waals surface area (Å²) in [6.07, 6.45) is 1.74. The van der Waals surface area contributed by atoms with Crippen LogP contribution in [0.25, 0.3) is 0 Å². The van der Waals surface area contributed by atoms with Crippen molar-refractivity contribution < 1.29 is 23.8 Å². The van der Waals surface area contributed by atoms with Gasteiger partial charge < -0.3 is 14.2 Å². The van der Waals surface area contributed by atoms with E-state index in [0.29, 0.717) is 64.6 Å². The Morgan fingerprint density at radius 3 is 2.41 bits per heavy atom. The first-order chi connectivity index (χ1) is 15.5.